The molecule has 2 nitrogen and oxygen atoms in total. The van der Waals surface area contributed by atoms with Crippen LogP contribution in [0, 0.1) is 0 Å². The van der Waals surface area contributed by atoms with E-state index in [-0.39, 0.29) is 37.7 Å². The van der Waals surface area contributed by atoms with Gasteiger partial charge in [-0.3, -0.25) is 0 Å². The summed E-state index contributed by atoms with van der Waals surface area (Å²) in [6, 6.07) is 0. The van der Waals surface area contributed by atoms with Crippen molar-refractivity contribution in [1.82, 2.24) is 4.81 Å². The van der Waals surface area contributed by atoms with E-state index >= 15 is 0 Å². The minimum atomic E-state index is 0. The first kappa shape index (κ1) is 22.5. The van der Waals surface area contributed by atoms with Crippen molar-refractivity contribution in [1.29, 1.82) is 0 Å². The van der Waals surface area contributed by atoms with Gasteiger partial charge in [-0.25, -0.2) is 0 Å². The van der Waals surface area contributed by atoms with Crippen molar-refractivity contribution in [2.45, 2.75) is 0 Å². The fourth-order valence-corrected chi connectivity index (χ4v) is 0. The third-order valence-electron chi connectivity index (χ3n) is 0. The Morgan fingerprint density at radius 1 is 1.10 bits per heavy atom. The van der Waals surface area contributed by atoms with Gasteiger partial charge in [0.2, 0.25) is 0 Å². The molecule has 0 radical (unpaired) electrons. The van der Waals surface area contributed by atoms with Crippen LogP contribution in [0.3, 0.4) is 0 Å². The van der Waals surface area contributed by atoms with Gasteiger partial charge < -0.3 is 9.62 Å². The summed E-state index contributed by atoms with van der Waals surface area (Å²) in [7, 11) is 9.75. The maximum atomic E-state index is 2.25. The van der Waals surface area contributed by atoms with Crippen LogP contribution in [0.1, 0.15) is 0 Å². The smallest absolute Gasteiger partial charge is 0.538 e. The van der Waals surface area contributed by atoms with E-state index in [1.165, 1.54) is 0 Å². The second-order valence-electron chi connectivity index (χ2n) is 0.947. The molecule has 0 amide bonds. The quantitative estimate of drug-likeness (QED) is 0.320. The predicted molar refractivity (Wildman–Crippen MR) is 46.4 cm³/mol. The third kappa shape index (κ3) is 406. The zero-order chi connectivity index (χ0) is 7.15. The van der Waals surface area contributed by atoms with Crippen molar-refractivity contribution in [2.75, 3.05) is 28.2 Å². The van der Waals surface area contributed by atoms with Crippen LogP contribution in [-0.4, -0.2) is 49.0 Å². The van der Waals surface area contributed by atoms with E-state index in [1.54, 1.807) is 4.81 Å². The minimum absolute atomic E-state index is 0. The van der Waals surface area contributed by atoms with E-state index in [1.807, 2.05) is 0 Å². The number of nitrogens with one attached hydrogen (secondary N) is 1. The molecule has 0 saturated carbocycles. The molecule has 0 aromatic heterocycles. The van der Waals surface area contributed by atoms with Crippen molar-refractivity contribution in [3.8, 4) is 0 Å². The Labute approximate surface area is 91.3 Å². The first-order chi connectivity index (χ1) is 3.46. The van der Waals surface area contributed by atoms with E-state index < -0.39 is 0 Å². The van der Waals surface area contributed by atoms with Crippen LogP contribution in [0.4, 0.5) is 0 Å². The third-order valence-corrected chi connectivity index (χ3v) is 0. The molecule has 0 saturated heterocycles. The number of quaternary nitrogens is 1. The van der Waals surface area contributed by atoms with Gasteiger partial charge in [-0.15, -0.1) is 0 Å². The van der Waals surface area contributed by atoms with Crippen LogP contribution >= 0.6 is 0 Å². The molecule has 6 heteroatoms. The summed E-state index contributed by atoms with van der Waals surface area (Å²) in [6.07, 6.45) is 0. The second kappa shape index (κ2) is 16.7. The summed E-state index contributed by atoms with van der Waals surface area (Å²) in [5, 5.41) is 0. The molecule has 0 aromatic carbocycles. The predicted octanol–water partition coefficient (Wildman–Crippen LogP) is -9.75. The van der Waals surface area contributed by atoms with Crippen LogP contribution in [-0.2, 0) is 0 Å². The fraction of sp³-hybridized carbons (Fsp3) is 1.00. The topological polar surface area (TPSA) is 7.68 Å². The molecule has 0 heterocycles. The van der Waals surface area contributed by atoms with Crippen molar-refractivity contribution in [3.63, 3.8) is 0 Å². The van der Waals surface area contributed by atoms with Crippen LogP contribution in [0.5, 0.6) is 0 Å². The molecular formula is C4H19B2Li2N2+. The summed E-state index contributed by atoms with van der Waals surface area (Å²) < 4.78 is 0. The van der Waals surface area contributed by atoms with Gasteiger partial charge in [0.15, 0.2) is 7.98 Å². The largest absolute Gasteiger partial charge is 1.00 e. The van der Waals surface area contributed by atoms with E-state index in [4.69, 9.17) is 0 Å². The Balaban J connectivity index is -0.0000000300. The molecule has 0 aliphatic rings. The summed E-state index contributed by atoms with van der Waals surface area (Å²) in [4.78, 5) is 3.92. The number of hydrogen-bond donors (Lipinski definition) is 1. The molecule has 0 fully saturated rings. The molecule has 0 unspecified atom stereocenters. The molecule has 52 valence electrons. The summed E-state index contributed by atoms with van der Waals surface area (Å²) in [5.41, 5.74) is 0. The van der Waals surface area contributed by atoms with E-state index in [0.717, 1.165) is 0 Å². The van der Waals surface area contributed by atoms with Gasteiger partial charge in [0, 0.05) is 22.1 Å². The fourth-order valence-electron chi connectivity index (χ4n) is 0. The SMILES string of the molecule is [BH3-]N(C)C.[BH3-][NH+](C)C.[Li+].[Li+]. The van der Waals surface area contributed by atoms with E-state index in [2.05, 4.69) is 33.0 Å². The zero-order valence-corrected chi connectivity index (χ0v) is 6.95. The second-order valence-corrected chi connectivity index (χ2v) is 0.947. The van der Waals surface area contributed by atoms with Crippen molar-refractivity contribution in [2.24, 2.45) is 0 Å². The average Bonchev–Trinajstić information content (AvgIpc) is 1.25. The Hall–Kier alpha value is 1.24. The molecule has 0 atom stereocenters. The van der Waals surface area contributed by atoms with Crippen LogP contribution in [0.15, 0.2) is 0 Å². The Kier molecular flexibility index (Phi) is 37.5. The molecule has 10 heavy (non-hydrogen) atoms. The zero-order valence-electron chi connectivity index (χ0n) is 6.95. The van der Waals surface area contributed by atoms with Crippen LogP contribution in [0.2, 0.25) is 0 Å². The normalized spacial score (nSPS) is 7.20. The van der Waals surface area contributed by atoms with Gasteiger partial charge in [0.1, 0.15) is 0 Å². The van der Waals surface area contributed by atoms with Gasteiger partial charge in [-0.1, -0.05) is 14.1 Å². The van der Waals surface area contributed by atoms with Gasteiger partial charge in [-0.2, -0.15) is 0 Å². The Morgan fingerprint density at radius 3 is 1.10 bits per heavy atom. The first-order valence-corrected chi connectivity index (χ1v) is 1.89. The Bertz CT molecular complexity index is 34.7. The van der Waals surface area contributed by atoms with Gasteiger partial charge in [0.25, 0.3) is 0 Å². The molecule has 1 N–H and O–H groups in total. The number of nitrogens with zero attached hydrogens (tertiary/aromatic N) is 1. The maximum Gasteiger partial charge on any atom is 1.00 e. The number of hydrogen-bond acceptors (Lipinski definition) is 1. The summed E-state index contributed by atoms with van der Waals surface area (Å²) >= 11 is 0. The maximum absolute atomic E-state index is 2.25. The molecule has 0 aliphatic heterocycles. The van der Waals surface area contributed by atoms with Gasteiger partial charge in [-0.05, 0) is 0 Å². The van der Waals surface area contributed by atoms with Crippen molar-refractivity contribution in [3.05, 3.63) is 0 Å². The van der Waals surface area contributed by atoms with E-state index in [9.17, 15) is 0 Å². The molecular weight excluding hydrogens is 112 g/mol. The Morgan fingerprint density at radius 2 is 1.10 bits per heavy atom. The van der Waals surface area contributed by atoms with Gasteiger partial charge >= 0.3 is 37.7 Å². The van der Waals surface area contributed by atoms with Crippen molar-refractivity contribution < 1.29 is 42.5 Å². The van der Waals surface area contributed by atoms with Gasteiger partial charge in [0.05, 0.1) is 0 Å². The molecule has 0 spiro atoms. The number of rotatable bonds is 0. The van der Waals surface area contributed by atoms with Crippen LogP contribution in [0.25, 0.3) is 0 Å². The van der Waals surface area contributed by atoms with Crippen LogP contribution < -0.4 is 42.5 Å². The standard InChI is InChI=1S/C2H10BN.C2H9BN.2Li/c2*1-4(2)3;;/h4H,1-3H3;1-3H3;;/q;-1;2*+1. The molecule has 0 aromatic rings. The first-order valence-electron chi connectivity index (χ1n) is 1.89. The monoisotopic (exact) mass is 131 g/mol. The molecule has 0 aliphatic carbocycles. The molecule has 0 rings (SSSR count). The summed E-state index contributed by atoms with van der Waals surface area (Å²) in [5.74, 6) is 0. The van der Waals surface area contributed by atoms with Crippen molar-refractivity contribution >= 4 is 16.0 Å². The summed E-state index contributed by atoms with van der Waals surface area (Å²) in [6.45, 7) is 0. The minimum Gasteiger partial charge on any atom is -0.538 e. The van der Waals surface area contributed by atoms with E-state index in [0.29, 0.717) is 16.0 Å². The molecule has 0 bridgehead atoms. The average molecular weight is 131 g/mol.